The fraction of sp³-hybridized carbons (Fsp3) is 0.357. The fourth-order valence-corrected chi connectivity index (χ4v) is 4.15. The summed E-state index contributed by atoms with van der Waals surface area (Å²) in [6.07, 6.45) is 0.955. The van der Waals surface area contributed by atoms with Crippen molar-refractivity contribution in [3.8, 4) is 0 Å². The third-order valence-corrected chi connectivity index (χ3v) is 5.42. The summed E-state index contributed by atoms with van der Waals surface area (Å²) in [5.41, 5.74) is 0. The van der Waals surface area contributed by atoms with Crippen molar-refractivity contribution in [1.82, 2.24) is 4.90 Å². The summed E-state index contributed by atoms with van der Waals surface area (Å²) in [5.74, 6) is -0.0563. The second-order valence-corrected chi connectivity index (χ2v) is 6.78. The van der Waals surface area contributed by atoms with Crippen LogP contribution < -0.4 is 0 Å². The summed E-state index contributed by atoms with van der Waals surface area (Å²) in [6.45, 7) is 1.15. The molecule has 1 N–H and O–H groups in total. The van der Waals surface area contributed by atoms with Crippen LogP contribution in [0.15, 0.2) is 18.2 Å². The molecule has 1 aliphatic heterocycles. The van der Waals surface area contributed by atoms with Gasteiger partial charge < -0.3 is 10.0 Å². The van der Waals surface area contributed by atoms with Gasteiger partial charge in [-0.15, -0.1) is 11.3 Å². The van der Waals surface area contributed by atoms with Gasteiger partial charge in [-0.05, 0) is 25.0 Å². The number of nitrogens with zero attached hydrogens (tertiary/aromatic N) is 1. The minimum atomic E-state index is -0.296. The number of hydrogen-bond donors (Lipinski definition) is 1. The number of carbonyl (C=O) groups is 1. The number of aliphatic hydroxyl groups excluding tert-OH is 1. The summed E-state index contributed by atoms with van der Waals surface area (Å²) in [7, 11) is 0. The van der Waals surface area contributed by atoms with Gasteiger partial charge in [-0.25, -0.2) is 0 Å². The number of hydrogen-bond acceptors (Lipinski definition) is 3. The highest BCUT2D eigenvalue weighted by atomic mass is 35.5. The lowest BCUT2D eigenvalue weighted by molar-refractivity contribution is 0.0551. The molecule has 6 heteroatoms. The molecule has 1 fully saturated rings. The molecule has 3 nitrogen and oxygen atoms in total. The molecular formula is C14H13Cl2NO2S. The van der Waals surface area contributed by atoms with Gasteiger partial charge in [0.15, 0.2) is 0 Å². The number of likely N-dealkylation sites (tertiary alicyclic amines) is 1. The van der Waals surface area contributed by atoms with Gasteiger partial charge in [-0.1, -0.05) is 29.3 Å². The van der Waals surface area contributed by atoms with Crippen molar-refractivity contribution in [1.29, 1.82) is 0 Å². The van der Waals surface area contributed by atoms with Gasteiger partial charge in [0.2, 0.25) is 0 Å². The number of rotatable bonds is 1. The normalized spacial score (nSPS) is 16.9. The van der Waals surface area contributed by atoms with Gasteiger partial charge in [-0.2, -0.15) is 0 Å². The largest absolute Gasteiger partial charge is 0.393 e. The predicted molar refractivity (Wildman–Crippen MR) is 83.0 cm³/mol. The molecule has 0 spiro atoms. The smallest absolute Gasteiger partial charge is 0.265 e. The van der Waals surface area contributed by atoms with Crippen molar-refractivity contribution in [3.63, 3.8) is 0 Å². The first-order valence-electron chi connectivity index (χ1n) is 6.41. The van der Waals surface area contributed by atoms with Crippen molar-refractivity contribution in [2.24, 2.45) is 0 Å². The molecular weight excluding hydrogens is 317 g/mol. The molecule has 3 rings (SSSR count). The third kappa shape index (κ3) is 2.53. The Morgan fingerprint density at radius 1 is 1.30 bits per heavy atom. The van der Waals surface area contributed by atoms with E-state index in [2.05, 4.69) is 0 Å². The Morgan fingerprint density at radius 2 is 2.00 bits per heavy atom. The van der Waals surface area contributed by atoms with Crippen molar-refractivity contribution >= 4 is 50.5 Å². The summed E-state index contributed by atoms with van der Waals surface area (Å²) in [5, 5.41) is 11.5. The maximum Gasteiger partial charge on any atom is 0.265 e. The van der Waals surface area contributed by atoms with Crippen molar-refractivity contribution in [2.45, 2.75) is 18.9 Å². The third-order valence-electron chi connectivity index (χ3n) is 3.54. The van der Waals surface area contributed by atoms with Crippen molar-refractivity contribution in [2.75, 3.05) is 13.1 Å². The lowest BCUT2D eigenvalue weighted by atomic mass is 10.1. The fourth-order valence-electron chi connectivity index (χ4n) is 2.39. The Bertz CT molecular complexity index is 662. The number of amides is 1. The Hall–Kier alpha value is -0.810. The van der Waals surface area contributed by atoms with Gasteiger partial charge in [0.25, 0.3) is 5.91 Å². The molecule has 1 amide bonds. The summed E-state index contributed by atoms with van der Waals surface area (Å²) >= 11 is 13.7. The number of benzene rings is 1. The van der Waals surface area contributed by atoms with E-state index in [0.29, 0.717) is 40.9 Å². The van der Waals surface area contributed by atoms with Crippen LogP contribution >= 0.6 is 34.5 Å². The number of aliphatic hydroxyl groups is 1. The Morgan fingerprint density at radius 3 is 2.70 bits per heavy atom. The van der Waals surface area contributed by atoms with Gasteiger partial charge in [0.05, 0.1) is 11.1 Å². The van der Waals surface area contributed by atoms with E-state index < -0.39 is 0 Å². The van der Waals surface area contributed by atoms with Gasteiger partial charge in [0, 0.05) is 28.2 Å². The van der Waals surface area contributed by atoms with Gasteiger partial charge in [0.1, 0.15) is 4.88 Å². The molecule has 2 aromatic rings. The van der Waals surface area contributed by atoms with E-state index in [9.17, 15) is 9.90 Å². The lowest BCUT2D eigenvalue weighted by Crippen LogP contribution is -2.39. The van der Waals surface area contributed by atoms with Crippen LogP contribution in [0.4, 0.5) is 0 Å². The van der Waals surface area contributed by atoms with Crippen LogP contribution in [0, 0.1) is 0 Å². The summed E-state index contributed by atoms with van der Waals surface area (Å²) in [6, 6.07) is 5.44. The number of piperidine rings is 1. The highest BCUT2D eigenvalue weighted by molar-refractivity contribution is 7.21. The molecule has 106 valence electrons. The SMILES string of the molecule is O=C(c1sc2cc(Cl)ccc2c1Cl)N1CCC(O)CC1. The molecule has 0 unspecified atom stereocenters. The first-order chi connectivity index (χ1) is 9.56. The molecule has 0 atom stereocenters. The highest BCUT2D eigenvalue weighted by Gasteiger charge is 2.26. The minimum Gasteiger partial charge on any atom is -0.393 e. The van der Waals surface area contributed by atoms with E-state index in [-0.39, 0.29) is 12.0 Å². The minimum absolute atomic E-state index is 0.0563. The van der Waals surface area contributed by atoms with Crippen LogP contribution in [0.5, 0.6) is 0 Å². The second-order valence-electron chi connectivity index (χ2n) is 4.91. The monoisotopic (exact) mass is 329 g/mol. The van der Waals surface area contributed by atoms with Crippen molar-refractivity contribution < 1.29 is 9.90 Å². The molecule has 1 aromatic carbocycles. The van der Waals surface area contributed by atoms with Gasteiger partial charge >= 0.3 is 0 Å². The summed E-state index contributed by atoms with van der Waals surface area (Å²) < 4.78 is 0.919. The first kappa shape index (κ1) is 14.1. The van der Waals surface area contributed by atoms with E-state index in [1.165, 1.54) is 11.3 Å². The first-order valence-corrected chi connectivity index (χ1v) is 7.98. The van der Waals surface area contributed by atoms with Gasteiger partial charge in [-0.3, -0.25) is 4.79 Å². The van der Waals surface area contributed by atoms with Crippen LogP contribution in [-0.4, -0.2) is 35.1 Å². The molecule has 0 saturated carbocycles. The Balaban J connectivity index is 1.93. The highest BCUT2D eigenvalue weighted by Crippen LogP contribution is 2.37. The Kier molecular flexibility index (Phi) is 3.91. The lowest BCUT2D eigenvalue weighted by Gasteiger charge is -2.29. The second kappa shape index (κ2) is 5.53. The van der Waals surface area contributed by atoms with Crippen LogP contribution in [0.3, 0.4) is 0 Å². The maximum absolute atomic E-state index is 12.5. The van der Waals surface area contributed by atoms with E-state index in [4.69, 9.17) is 23.2 Å². The zero-order chi connectivity index (χ0) is 14.3. The molecule has 2 heterocycles. The van der Waals surface area contributed by atoms with E-state index in [1.807, 2.05) is 12.1 Å². The molecule has 1 saturated heterocycles. The maximum atomic E-state index is 12.5. The quantitative estimate of drug-likeness (QED) is 0.864. The van der Waals surface area contributed by atoms with E-state index in [0.717, 1.165) is 10.1 Å². The molecule has 1 aliphatic rings. The number of carbonyl (C=O) groups excluding carboxylic acids is 1. The standard InChI is InChI=1S/C14H13Cl2NO2S/c15-8-1-2-10-11(7-8)20-13(12(10)16)14(19)17-5-3-9(18)4-6-17/h1-2,7,9,18H,3-6H2. The molecule has 1 aromatic heterocycles. The van der Waals surface area contributed by atoms with Crippen LogP contribution in [-0.2, 0) is 0 Å². The summed E-state index contributed by atoms with van der Waals surface area (Å²) in [4.78, 5) is 14.8. The van der Waals surface area contributed by atoms with E-state index >= 15 is 0 Å². The molecule has 0 bridgehead atoms. The van der Waals surface area contributed by atoms with Crippen LogP contribution in [0.1, 0.15) is 22.5 Å². The van der Waals surface area contributed by atoms with E-state index in [1.54, 1.807) is 11.0 Å². The molecule has 20 heavy (non-hydrogen) atoms. The zero-order valence-corrected chi connectivity index (χ0v) is 12.9. The van der Waals surface area contributed by atoms with Crippen LogP contribution in [0.25, 0.3) is 10.1 Å². The zero-order valence-electron chi connectivity index (χ0n) is 10.6. The number of fused-ring (bicyclic) bond motifs is 1. The Labute approximate surface area is 130 Å². The molecule has 0 aliphatic carbocycles. The predicted octanol–water partition coefficient (Wildman–Crippen LogP) is 3.81. The van der Waals surface area contributed by atoms with Crippen LogP contribution in [0.2, 0.25) is 10.0 Å². The number of thiophene rings is 1. The average Bonchev–Trinajstić information content (AvgIpc) is 2.75. The van der Waals surface area contributed by atoms with Crippen molar-refractivity contribution in [3.05, 3.63) is 33.1 Å². The number of halogens is 2. The topological polar surface area (TPSA) is 40.5 Å². The average molecular weight is 330 g/mol. The molecule has 0 radical (unpaired) electrons.